The van der Waals surface area contributed by atoms with Crippen LogP contribution in [0, 0.1) is 13.8 Å². The molecule has 1 aromatic heterocycles. The van der Waals surface area contributed by atoms with Crippen molar-refractivity contribution in [2.75, 3.05) is 45.7 Å². The standard InChI is InChI=1S/C31H35N5O4/c1-18-27(32-20(3)28(18)31(39)36-14-12-35(4)13-15-36)17-25-24-16-22(8-11-26(24)34-30(25)38)29(37)33-19(2)21-6-9-23(40-5)10-7-21/h6-11,16-17,19,32H,12-15H2,1-5H3,(H,33,37)(H,34,38)/t19-/m0/s1. The quantitative estimate of drug-likeness (QED) is 0.409. The number of carbonyl (C=O) groups excluding carboxylic acids is 3. The van der Waals surface area contributed by atoms with Gasteiger partial charge in [0.1, 0.15) is 5.75 Å². The minimum atomic E-state index is -0.252. The molecule has 2 aliphatic rings. The number of hydrogen-bond acceptors (Lipinski definition) is 5. The normalized spacial score (nSPS) is 17.0. The first-order chi connectivity index (χ1) is 19.2. The van der Waals surface area contributed by atoms with E-state index in [2.05, 4.69) is 27.6 Å². The van der Waals surface area contributed by atoms with Crippen molar-refractivity contribution >= 4 is 35.1 Å². The number of aromatic amines is 1. The second kappa shape index (κ2) is 11.0. The van der Waals surface area contributed by atoms with Crippen LogP contribution in [0.4, 0.5) is 5.69 Å². The predicted molar refractivity (Wildman–Crippen MR) is 155 cm³/mol. The van der Waals surface area contributed by atoms with Crippen LogP contribution in [-0.4, -0.2) is 72.8 Å². The first-order valence-electron chi connectivity index (χ1n) is 13.5. The minimum absolute atomic E-state index is 0.00482. The van der Waals surface area contributed by atoms with Gasteiger partial charge in [0, 0.05) is 54.4 Å². The first kappa shape index (κ1) is 27.2. The highest BCUT2D eigenvalue weighted by molar-refractivity contribution is 6.35. The summed E-state index contributed by atoms with van der Waals surface area (Å²) in [5, 5.41) is 5.91. The summed E-state index contributed by atoms with van der Waals surface area (Å²) < 4.78 is 5.21. The average Bonchev–Trinajstić information content (AvgIpc) is 3.41. The Bertz CT molecular complexity index is 1500. The number of H-pyrrole nitrogens is 1. The minimum Gasteiger partial charge on any atom is -0.497 e. The van der Waals surface area contributed by atoms with Gasteiger partial charge in [0.25, 0.3) is 17.7 Å². The van der Waals surface area contributed by atoms with Gasteiger partial charge in [-0.05, 0) is 75.4 Å². The maximum atomic E-state index is 13.3. The number of carbonyl (C=O) groups is 3. The molecule has 0 spiro atoms. The zero-order chi connectivity index (χ0) is 28.6. The third-order valence-corrected chi connectivity index (χ3v) is 7.80. The Morgan fingerprint density at radius 1 is 1.05 bits per heavy atom. The van der Waals surface area contributed by atoms with Gasteiger partial charge in [-0.1, -0.05) is 12.1 Å². The molecule has 1 atom stereocenters. The number of benzene rings is 2. The van der Waals surface area contributed by atoms with E-state index < -0.39 is 0 Å². The molecule has 0 unspecified atom stereocenters. The van der Waals surface area contributed by atoms with E-state index in [0.717, 1.165) is 35.7 Å². The van der Waals surface area contributed by atoms with E-state index >= 15 is 0 Å². The first-order valence-corrected chi connectivity index (χ1v) is 13.5. The van der Waals surface area contributed by atoms with Crippen LogP contribution < -0.4 is 15.4 Å². The number of nitrogens with one attached hydrogen (secondary N) is 3. The molecule has 1 saturated heterocycles. The van der Waals surface area contributed by atoms with Crippen molar-refractivity contribution in [3.05, 3.63) is 81.7 Å². The Balaban J connectivity index is 1.39. The molecule has 3 amide bonds. The lowest BCUT2D eigenvalue weighted by atomic mass is 10.0. The lowest BCUT2D eigenvalue weighted by molar-refractivity contribution is -0.110. The molecule has 208 valence electrons. The smallest absolute Gasteiger partial charge is 0.256 e. The van der Waals surface area contributed by atoms with Crippen molar-refractivity contribution in [1.82, 2.24) is 20.1 Å². The van der Waals surface area contributed by atoms with Crippen molar-refractivity contribution in [3.8, 4) is 5.75 Å². The Labute approximate surface area is 234 Å². The Morgan fingerprint density at radius 3 is 2.42 bits per heavy atom. The molecule has 0 saturated carbocycles. The molecule has 3 aromatic rings. The lowest BCUT2D eigenvalue weighted by Crippen LogP contribution is -2.47. The number of amides is 3. The van der Waals surface area contributed by atoms with Gasteiger partial charge in [-0.25, -0.2) is 0 Å². The van der Waals surface area contributed by atoms with Gasteiger partial charge in [-0.15, -0.1) is 0 Å². The number of aryl methyl sites for hydroxylation is 1. The van der Waals surface area contributed by atoms with Gasteiger partial charge < -0.3 is 30.2 Å². The van der Waals surface area contributed by atoms with Crippen molar-refractivity contribution in [2.45, 2.75) is 26.8 Å². The van der Waals surface area contributed by atoms with Crippen LogP contribution in [0.15, 0.2) is 42.5 Å². The van der Waals surface area contributed by atoms with E-state index in [0.29, 0.717) is 46.7 Å². The van der Waals surface area contributed by atoms with Gasteiger partial charge in [-0.3, -0.25) is 14.4 Å². The topological polar surface area (TPSA) is 107 Å². The summed E-state index contributed by atoms with van der Waals surface area (Å²) in [6.07, 6.45) is 1.77. The molecule has 0 radical (unpaired) electrons. The van der Waals surface area contributed by atoms with E-state index in [4.69, 9.17) is 4.74 Å². The van der Waals surface area contributed by atoms with Crippen molar-refractivity contribution in [2.24, 2.45) is 0 Å². The average molecular weight is 542 g/mol. The molecule has 3 N–H and O–H groups in total. The van der Waals surface area contributed by atoms with Crippen LogP contribution in [0.1, 0.15) is 61.8 Å². The molecule has 3 heterocycles. The fraction of sp³-hybridized carbons (Fsp3) is 0.323. The van der Waals surface area contributed by atoms with Gasteiger partial charge in [-0.2, -0.15) is 0 Å². The Morgan fingerprint density at radius 2 is 1.75 bits per heavy atom. The van der Waals surface area contributed by atoms with E-state index in [-0.39, 0.29) is 23.8 Å². The highest BCUT2D eigenvalue weighted by atomic mass is 16.5. The number of anilines is 1. The van der Waals surface area contributed by atoms with Crippen LogP contribution in [0.2, 0.25) is 0 Å². The highest BCUT2D eigenvalue weighted by Gasteiger charge is 2.28. The number of aromatic nitrogens is 1. The third kappa shape index (κ3) is 5.24. The monoisotopic (exact) mass is 541 g/mol. The number of rotatable bonds is 6. The predicted octanol–water partition coefficient (Wildman–Crippen LogP) is 4.01. The van der Waals surface area contributed by atoms with Crippen molar-refractivity contribution in [1.29, 1.82) is 0 Å². The molecular formula is C31H35N5O4. The summed E-state index contributed by atoms with van der Waals surface area (Å²) >= 11 is 0. The lowest BCUT2D eigenvalue weighted by Gasteiger charge is -2.32. The third-order valence-electron chi connectivity index (χ3n) is 7.80. The van der Waals surface area contributed by atoms with Crippen LogP contribution in [0.25, 0.3) is 11.6 Å². The van der Waals surface area contributed by atoms with E-state index in [1.165, 1.54) is 0 Å². The summed E-state index contributed by atoms with van der Waals surface area (Å²) in [6, 6.07) is 12.5. The highest BCUT2D eigenvalue weighted by Crippen LogP contribution is 2.35. The van der Waals surface area contributed by atoms with E-state index in [9.17, 15) is 14.4 Å². The maximum absolute atomic E-state index is 13.3. The molecular weight excluding hydrogens is 506 g/mol. The van der Waals surface area contributed by atoms with Crippen molar-refractivity contribution in [3.63, 3.8) is 0 Å². The van der Waals surface area contributed by atoms with E-state index in [1.54, 1.807) is 31.4 Å². The van der Waals surface area contributed by atoms with Crippen LogP contribution >= 0.6 is 0 Å². The second-order valence-electron chi connectivity index (χ2n) is 10.5. The van der Waals surface area contributed by atoms with Crippen LogP contribution in [-0.2, 0) is 4.79 Å². The van der Waals surface area contributed by atoms with E-state index in [1.807, 2.05) is 49.9 Å². The number of hydrogen-bond donors (Lipinski definition) is 3. The fourth-order valence-electron chi connectivity index (χ4n) is 5.28. The zero-order valence-corrected chi connectivity index (χ0v) is 23.6. The molecule has 9 heteroatoms. The molecule has 1 fully saturated rings. The molecule has 0 aliphatic carbocycles. The molecule has 40 heavy (non-hydrogen) atoms. The molecule has 0 bridgehead atoms. The molecule has 9 nitrogen and oxygen atoms in total. The van der Waals surface area contributed by atoms with Crippen LogP contribution in [0.5, 0.6) is 5.75 Å². The number of nitrogens with zero attached hydrogens (tertiary/aromatic N) is 2. The van der Waals surface area contributed by atoms with Gasteiger partial charge in [0.2, 0.25) is 0 Å². The van der Waals surface area contributed by atoms with Crippen LogP contribution in [0.3, 0.4) is 0 Å². The summed E-state index contributed by atoms with van der Waals surface area (Å²) in [6.45, 7) is 8.76. The van der Waals surface area contributed by atoms with Gasteiger partial charge in [0.05, 0.1) is 24.3 Å². The SMILES string of the molecule is COc1ccc([C@H](C)NC(=O)c2ccc3c(c2)C(=Cc2[nH]c(C)c(C(=O)N4CCN(C)CC4)c2C)C(=O)N3)cc1. The van der Waals surface area contributed by atoms with Crippen molar-refractivity contribution < 1.29 is 19.1 Å². The summed E-state index contributed by atoms with van der Waals surface area (Å²) in [5.74, 6) is 0.264. The number of fused-ring (bicyclic) bond motifs is 1. The second-order valence-corrected chi connectivity index (χ2v) is 10.5. The largest absolute Gasteiger partial charge is 0.497 e. The summed E-state index contributed by atoms with van der Waals surface area (Å²) in [7, 11) is 3.67. The van der Waals surface area contributed by atoms with Gasteiger partial charge in [0.15, 0.2) is 0 Å². The number of methoxy groups -OCH3 is 1. The zero-order valence-electron chi connectivity index (χ0n) is 23.6. The number of likely N-dealkylation sites (N-methyl/N-ethyl adjacent to an activating group) is 1. The summed E-state index contributed by atoms with van der Waals surface area (Å²) in [4.78, 5) is 46.8. The molecule has 5 rings (SSSR count). The number of piperazine rings is 1. The van der Waals surface area contributed by atoms with Gasteiger partial charge >= 0.3 is 0 Å². The summed E-state index contributed by atoms with van der Waals surface area (Å²) in [5.41, 5.74) is 6.06. The maximum Gasteiger partial charge on any atom is 0.256 e. The molecule has 2 aromatic carbocycles. The fourth-order valence-corrected chi connectivity index (χ4v) is 5.28. The number of ether oxygens (including phenoxy) is 1. The molecule has 2 aliphatic heterocycles. The Hall–Kier alpha value is -4.37. The Kier molecular flexibility index (Phi) is 7.49.